The second kappa shape index (κ2) is 6.60. The van der Waals surface area contributed by atoms with E-state index in [0.717, 1.165) is 16.8 Å². The first kappa shape index (κ1) is 15.2. The fraction of sp³-hybridized carbons (Fsp3) is 0.222. The average Bonchev–Trinajstić information content (AvgIpc) is 2.99. The summed E-state index contributed by atoms with van der Waals surface area (Å²) >= 11 is 0. The number of benzene rings is 1. The molecule has 118 valence electrons. The average molecular weight is 312 g/mol. The van der Waals surface area contributed by atoms with Crippen LogP contribution in [-0.4, -0.2) is 22.5 Å². The van der Waals surface area contributed by atoms with E-state index in [4.69, 9.17) is 4.52 Å². The van der Waals surface area contributed by atoms with Crippen molar-refractivity contribution in [1.82, 2.24) is 10.1 Å². The van der Waals surface area contributed by atoms with Crippen molar-refractivity contribution in [1.29, 1.82) is 0 Å². The fourth-order valence-corrected chi connectivity index (χ4v) is 2.58. The number of hydrogen-bond donors (Lipinski definition) is 0. The van der Waals surface area contributed by atoms with Crippen molar-refractivity contribution in [3.8, 4) is 11.3 Å². The van der Waals surface area contributed by atoms with Crippen LogP contribution in [0.1, 0.15) is 18.2 Å². The molecule has 0 N–H and O–H groups in total. The van der Waals surface area contributed by atoms with Crippen molar-refractivity contribution in [3.05, 3.63) is 65.6 Å². The standard InChI is InChI=1S/C18H17FN2O2/c1-2-3-4-5-17(22)21-11-10-16-15(12-21)18(23-20-16)13-6-8-14(19)9-7-13/h2-9H,10-12H2,1H3/b3-2+,5-4+. The number of carbonyl (C=O) groups is 1. The van der Waals surface area contributed by atoms with Crippen LogP contribution in [0.2, 0.25) is 0 Å². The van der Waals surface area contributed by atoms with E-state index in [2.05, 4.69) is 5.16 Å². The molecule has 1 aliphatic heterocycles. The van der Waals surface area contributed by atoms with Crippen molar-refractivity contribution in [2.75, 3.05) is 6.54 Å². The minimum atomic E-state index is -0.298. The SMILES string of the molecule is C/C=C/C=C/C(=O)N1CCc2noc(-c3ccc(F)cc3)c2C1. The summed E-state index contributed by atoms with van der Waals surface area (Å²) < 4.78 is 18.5. The largest absolute Gasteiger partial charge is 0.356 e. The van der Waals surface area contributed by atoms with Crippen LogP contribution in [0.3, 0.4) is 0 Å². The molecule has 1 aromatic heterocycles. The number of halogens is 1. The van der Waals surface area contributed by atoms with Crippen LogP contribution >= 0.6 is 0 Å². The Morgan fingerprint density at radius 2 is 2.09 bits per heavy atom. The van der Waals surface area contributed by atoms with E-state index < -0.39 is 0 Å². The van der Waals surface area contributed by atoms with E-state index in [1.54, 1.807) is 29.2 Å². The molecule has 0 atom stereocenters. The summed E-state index contributed by atoms with van der Waals surface area (Å²) in [5.74, 6) is 0.267. The molecule has 4 nitrogen and oxygen atoms in total. The quantitative estimate of drug-likeness (QED) is 0.644. The van der Waals surface area contributed by atoms with Crippen molar-refractivity contribution in [2.24, 2.45) is 0 Å². The third-order valence-corrected chi connectivity index (χ3v) is 3.80. The van der Waals surface area contributed by atoms with E-state index in [1.165, 1.54) is 12.1 Å². The number of hydrogen-bond acceptors (Lipinski definition) is 3. The summed E-state index contributed by atoms with van der Waals surface area (Å²) in [5.41, 5.74) is 2.53. The van der Waals surface area contributed by atoms with Gasteiger partial charge in [-0.3, -0.25) is 4.79 Å². The Balaban J connectivity index is 1.84. The van der Waals surface area contributed by atoms with E-state index >= 15 is 0 Å². The molecule has 5 heteroatoms. The van der Waals surface area contributed by atoms with Crippen molar-refractivity contribution < 1.29 is 13.7 Å². The van der Waals surface area contributed by atoms with Gasteiger partial charge < -0.3 is 9.42 Å². The van der Waals surface area contributed by atoms with Gasteiger partial charge in [-0.15, -0.1) is 0 Å². The first-order valence-electron chi connectivity index (χ1n) is 7.50. The summed E-state index contributed by atoms with van der Waals surface area (Å²) in [4.78, 5) is 14.0. The molecule has 0 fully saturated rings. The van der Waals surface area contributed by atoms with Crippen LogP contribution in [0.25, 0.3) is 11.3 Å². The van der Waals surface area contributed by atoms with Gasteiger partial charge in [-0.1, -0.05) is 23.4 Å². The van der Waals surface area contributed by atoms with Gasteiger partial charge in [0.15, 0.2) is 5.76 Å². The molecule has 1 amide bonds. The van der Waals surface area contributed by atoms with E-state index in [-0.39, 0.29) is 11.7 Å². The van der Waals surface area contributed by atoms with E-state index in [9.17, 15) is 9.18 Å². The lowest BCUT2D eigenvalue weighted by Gasteiger charge is -2.25. The molecule has 0 radical (unpaired) electrons. The fourth-order valence-electron chi connectivity index (χ4n) is 2.58. The predicted molar refractivity (Wildman–Crippen MR) is 85.0 cm³/mol. The van der Waals surface area contributed by atoms with Gasteiger partial charge in [-0.05, 0) is 31.2 Å². The van der Waals surface area contributed by atoms with Gasteiger partial charge in [0, 0.05) is 30.2 Å². The summed E-state index contributed by atoms with van der Waals surface area (Å²) in [6, 6.07) is 6.08. The van der Waals surface area contributed by atoms with E-state index in [1.807, 2.05) is 19.1 Å². The smallest absolute Gasteiger partial charge is 0.246 e. The number of carbonyl (C=O) groups excluding carboxylic acids is 1. The Labute approximate surface area is 133 Å². The summed E-state index contributed by atoms with van der Waals surface area (Å²) in [5, 5.41) is 4.09. The number of fused-ring (bicyclic) bond motifs is 1. The number of amides is 1. The zero-order valence-corrected chi connectivity index (χ0v) is 12.8. The molecule has 0 saturated carbocycles. The lowest BCUT2D eigenvalue weighted by Crippen LogP contribution is -2.34. The Morgan fingerprint density at radius 1 is 1.30 bits per heavy atom. The molecular weight excluding hydrogens is 295 g/mol. The van der Waals surface area contributed by atoms with Crippen LogP contribution in [0.15, 0.2) is 53.1 Å². The maximum Gasteiger partial charge on any atom is 0.246 e. The molecule has 0 saturated heterocycles. The van der Waals surface area contributed by atoms with Crippen molar-refractivity contribution in [3.63, 3.8) is 0 Å². The first-order valence-corrected chi connectivity index (χ1v) is 7.50. The topological polar surface area (TPSA) is 46.3 Å². The lowest BCUT2D eigenvalue weighted by molar-refractivity contribution is -0.126. The monoisotopic (exact) mass is 312 g/mol. The van der Waals surface area contributed by atoms with Crippen LogP contribution in [0, 0.1) is 5.82 Å². The molecule has 0 aliphatic carbocycles. The van der Waals surface area contributed by atoms with Gasteiger partial charge in [0.05, 0.1) is 12.2 Å². The molecule has 23 heavy (non-hydrogen) atoms. The van der Waals surface area contributed by atoms with Gasteiger partial charge in [-0.25, -0.2) is 4.39 Å². The highest BCUT2D eigenvalue weighted by molar-refractivity contribution is 5.88. The van der Waals surface area contributed by atoms with Gasteiger partial charge in [0.2, 0.25) is 5.91 Å². The molecule has 0 spiro atoms. The van der Waals surface area contributed by atoms with Crippen LogP contribution < -0.4 is 0 Å². The summed E-state index contributed by atoms with van der Waals surface area (Å²) in [6.45, 7) is 2.96. The number of aromatic nitrogens is 1. The third-order valence-electron chi connectivity index (χ3n) is 3.80. The normalized spacial score (nSPS) is 14.6. The second-order valence-electron chi connectivity index (χ2n) is 5.34. The highest BCUT2D eigenvalue weighted by Gasteiger charge is 2.26. The maximum atomic E-state index is 13.1. The predicted octanol–water partition coefficient (Wildman–Crippen LogP) is 3.50. The van der Waals surface area contributed by atoms with Gasteiger partial charge >= 0.3 is 0 Å². The third kappa shape index (κ3) is 3.23. The lowest BCUT2D eigenvalue weighted by atomic mass is 10.0. The van der Waals surface area contributed by atoms with Crippen LogP contribution in [0.4, 0.5) is 4.39 Å². The number of allylic oxidation sites excluding steroid dienone is 3. The minimum Gasteiger partial charge on any atom is -0.356 e. The molecule has 2 aromatic rings. The van der Waals surface area contributed by atoms with Gasteiger partial charge in [0.1, 0.15) is 5.82 Å². The Bertz CT molecular complexity index is 760. The van der Waals surface area contributed by atoms with Gasteiger partial charge in [0.25, 0.3) is 0 Å². The van der Waals surface area contributed by atoms with Crippen LogP contribution in [0.5, 0.6) is 0 Å². The molecule has 1 aliphatic rings. The number of rotatable bonds is 3. The Hall–Kier alpha value is -2.69. The molecule has 0 bridgehead atoms. The van der Waals surface area contributed by atoms with Gasteiger partial charge in [-0.2, -0.15) is 0 Å². The molecule has 3 rings (SSSR count). The highest BCUT2D eigenvalue weighted by Crippen LogP contribution is 2.30. The molecule has 0 unspecified atom stereocenters. The zero-order valence-electron chi connectivity index (χ0n) is 12.8. The molecule has 2 heterocycles. The van der Waals surface area contributed by atoms with Crippen LogP contribution in [-0.2, 0) is 17.8 Å². The Kier molecular flexibility index (Phi) is 4.37. The summed E-state index contributed by atoms with van der Waals surface area (Å²) in [6.07, 6.45) is 7.62. The molecular formula is C18H17FN2O2. The second-order valence-corrected chi connectivity index (χ2v) is 5.34. The Morgan fingerprint density at radius 3 is 2.83 bits per heavy atom. The van der Waals surface area contributed by atoms with Crippen molar-refractivity contribution >= 4 is 5.91 Å². The van der Waals surface area contributed by atoms with E-state index in [0.29, 0.717) is 25.3 Å². The minimum absolute atomic E-state index is 0.0417. The highest BCUT2D eigenvalue weighted by atomic mass is 19.1. The molecule has 1 aromatic carbocycles. The number of nitrogens with zero attached hydrogens (tertiary/aromatic N) is 2. The van der Waals surface area contributed by atoms with Crippen molar-refractivity contribution in [2.45, 2.75) is 19.9 Å². The first-order chi connectivity index (χ1) is 11.2. The summed E-state index contributed by atoms with van der Waals surface area (Å²) in [7, 11) is 0. The maximum absolute atomic E-state index is 13.1. The zero-order chi connectivity index (χ0) is 16.2.